The zero-order chi connectivity index (χ0) is 11.4. The Morgan fingerprint density at radius 2 is 1.94 bits per heavy atom. The first-order valence-corrected chi connectivity index (χ1v) is 7.24. The van der Waals surface area contributed by atoms with Crippen LogP contribution in [-0.4, -0.2) is 5.78 Å². The molecule has 0 aliphatic heterocycles. The molecule has 2 heteroatoms. The van der Waals surface area contributed by atoms with Crippen LogP contribution < -0.4 is 0 Å². The maximum atomic E-state index is 12.5. The molecule has 1 nitrogen and oxygen atoms in total. The van der Waals surface area contributed by atoms with Crippen LogP contribution in [0.5, 0.6) is 0 Å². The molecule has 2 saturated carbocycles. The molecule has 1 aromatic heterocycles. The molecule has 0 radical (unpaired) electrons. The topological polar surface area (TPSA) is 17.1 Å². The highest BCUT2D eigenvalue weighted by Crippen LogP contribution is 2.58. The minimum absolute atomic E-state index is 0.363. The first-order chi connectivity index (χ1) is 8.36. The average molecular weight is 242 g/mol. The van der Waals surface area contributed by atoms with E-state index in [0.29, 0.717) is 11.7 Å². The molecule has 1 heterocycles. The van der Waals surface area contributed by atoms with Crippen LogP contribution in [0.25, 0.3) is 10.1 Å². The number of carbonyl (C=O) groups excluding carboxylic acids is 1. The molecule has 17 heavy (non-hydrogen) atoms. The van der Waals surface area contributed by atoms with Gasteiger partial charge in [-0.1, -0.05) is 24.6 Å². The van der Waals surface area contributed by atoms with Crippen LogP contribution in [0, 0.1) is 17.8 Å². The van der Waals surface area contributed by atoms with E-state index in [9.17, 15) is 4.79 Å². The molecule has 0 bridgehead atoms. The largest absolute Gasteiger partial charge is 0.294 e. The van der Waals surface area contributed by atoms with Crippen molar-refractivity contribution in [1.29, 1.82) is 0 Å². The van der Waals surface area contributed by atoms with Crippen LogP contribution in [0.1, 0.15) is 29.6 Å². The van der Waals surface area contributed by atoms with Gasteiger partial charge in [0, 0.05) is 26.9 Å². The number of Topliss-reactive ketones (excluding diaryl/α,β-unsaturated/α-hetero) is 1. The molecule has 2 unspecified atom stereocenters. The number of fused-ring (bicyclic) bond motifs is 2. The minimum Gasteiger partial charge on any atom is -0.294 e. The Bertz CT molecular complexity index is 588. The van der Waals surface area contributed by atoms with E-state index in [0.717, 1.165) is 22.8 Å². The number of hydrogen-bond acceptors (Lipinski definition) is 2. The molecule has 0 spiro atoms. The summed E-state index contributed by atoms with van der Waals surface area (Å²) in [5.74, 6) is 2.22. The van der Waals surface area contributed by atoms with Gasteiger partial charge in [0.2, 0.25) is 0 Å². The monoisotopic (exact) mass is 242 g/mol. The molecule has 0 N–H and O–H groups in total. The third-order valence-corrected chi connectivity index (χ3v) is 5.42. The van der Waals surface area contributed by atoms with Crippen LogP contribution in [-0.2, 0) is 0 Å². The van der Waals surface area contributed by atoms with Crippen LogP contribution in [0.15, 0.2) is 29.6 Å². The van der Waals surface area contributed by atoms with E-state index in [1.165, 1.54) is 24.0 Å². The van der Waals surface area contributed by atoms with Crippen molar-refractivity contribution in [1.82, 2.24) is 0 Å². The van der Waals surface area contributed by atoms with E-state index in [2.05, 4.69) is 17.5 Å². The molecule has 2 aromatic rings. The Morgan fingerprint density at radius 3 is 2.76 bits per heavy atom. The Balaban J connectivity index is 1.73. The van der Waals surface area contributed by atoms with Crippen molar-refractivity contribution in [2.75, 3.05) is 0 Å². The highest BCUT2D eigenvalue weighted by atomic mass is 32.1. The van der Waals surface area contributed by atoms with Gasteiger partial charge in [-0.25, -0.2) is 0 Å². The lowest BCUT2D eigenvalue weighted by atomic mass is 10.0. The Labute approximate surface area is 104 Å². The lowest BCUT2D eigenvalue weighted by Gasteiger charge is -2.01. The van der Waals surface area contributed by atoms with E-state index >= 15 is 0 Å². The second kappa shape index (κ2) is 3.42. The quantitative estimate of drug-likeness (QED) is 0.724. The number of carbonyl (C=O) groups is 1. The van der Waals surface area contributed by atoms with Crippen molar-refractivity contribution >= 4 is 27.2 Å². The highest BCUT2D eigenvalue weighted by Gasteiger charge is 2.56. The third-order valence-electron chi connectivity index (χ3n) is 4.46. The summed E-state index contributed by atoms with van der Waals surface area (Å²) in [5.41, 5.74) is 0.977. The Morgan fingerprint density at radius 1 is 1.18 bits per heavy atom. The third kappa shape index (κ3) is 1.34. The van der Waals surface area contributed by atoms with E-state index in [1.807, 2.05) is 12.1 Å². The van der Waals surface area contributed by atoms with Crippen LogP contribution in [0.4, 0.5) is 0 Å². The SMILES string of the molecule is O=C(c1csc2ccccc12)C1C2CCCC21. The van der Waals surface area contributed by atoms with E-state index in [4.69, 9.17) is 0 Å². The lowest BCUT2D eigenvalue weighted by molar-refractivity contribution is 0.0953. The van der Waals surface area contributed by atoms with Crippen molar-refractivity contribution < 1.29 is 4.79 Å². The first-order valence-electron chi connectivity index (χ1n) is 6.37. The van der Waals surface area contributed by atoms with Crippen molar-refractivity contribution in [2.24, 2.45) is 17.8 Å². The van der Waals surface area contributed by atoms with E-state index < -0.39 is 0 Å². The fraction of sp³-hybridized carbons (Fsp3) is 0.400. The fourth-order valence-corrected chi connectivity index (χ4v) is 4.51. The maximum absolute atomic E-state index is 12.5. The zero-order valence-corrected chi connectivity index (χ0v) is 10.4. The second-order valence-corrected chi connectivity index (χ2v) is 6.21. The molecular weight excluding hydrogens is 228 g/mol. The van der Waals surface area contributed by atoms with E-state index in [1.54, 1.807) is 11.3 Å². The van der Waals surface area contributed by atoms with E-state index in [-0.39, 0.29) is 0 Å². The van der Waals surface area contributed by atoms with Crippen LogP contribution in [0.2, 0.25) is 0 Å². The summed E-state index contributed by atoms with van der Waals surface area (Å²) >= 11 is 1.69. The Kier molecular flexibility index (Phi) is 1.98. The van der Waals surface area contributed by atoms with Gasteiger partial charge in [0.05, 0.1) is 0 Å². The zero-order valence-electron chi connectivity index (χ0n) is 9.56. The highest BCUT2D eigenvalue weighted by molar-refractivity contribution is 7.17. The van der Waals surface area contributed by atoms with Crippen molar-refractivity contribution in [3.63, 3.8) is 0 Å². The van der Waals surface area contributed by atoms with Gasteiger partial charge in [0.1, 0.15) is 0 Å². The summed E-state index contributed by atoms with van der Waals surface area (Å²) in [6.07, 6.45) is 3.90. The standard InChI is InChI=1S/C15H14OS/c16-15(14-10-5-3-6-11(10)14)12-8-17-13-7-2-1-4-9(12)13/h1-2,4,7-8,10-11,14H,3,5-6H2. The molecule has 2 aliphatic carbocycles. The van der Waals surface area contributed by atoms with Gasteiger partial charge >= 0.3 is 0 Å². The summed E-state index contributed by atoms with van der Waals surface area (Å²) in [6.45, 7) is 0. The van der Waals surface area contributed by atoms with Gasteiger partial charge in [-0.15, -0.1) is 11.3 Å². The smallest absolute Gasteiger partial charge is 0.167 e. The normalized spacial score (nSPS) is 30.5. The molecule has 0 saturated heterocycles. The molecule has 2 aliphatic rings. The van der Waals surface area contributed by atoms with Gasteiger partial charge in [0.25, 0.3) is 0 Å². The van der Waals surface area contributed by atoms with Crippen molar-refractivity contribution in [3.8, 4) is 0 Å². The predicted octanol–water partition coefficient (Wildman–Crippen LogP) is 4.13. The van der Waals surface area contributed by atoms with Gasteiger partial charge in [-0.2, -0.15) is 0 Å². The molecule has 4 rings (SSSR count). The van der Waals surface area contributed by atoms with Crippen molar-refractivity contribution in [3.05, 3.63) is 35.2 Å². The lowest BCUT2D eigenvalue weighted by Crippen LogP contribution is -2.05. The first kappa shape index (κ1) is 9.84. The molecular formula is C15H14OS. The summed E-state index contributed by atoms with van der Waals surface area (Å²) in [5, 5.41) is 3.22. The van der Waals surface area contributed by atoms with Gasteiger partial charge in [-0.05, 0) is 30.7 Å². The number of ketones is 1. The summed E-state index contributed by atoms with van der Waals surface area (Å²) in [6, 6.07) is 8.25. The Hall–Kier alpha value is -1.15. The van der Waals surface area contributed by atoms with Gasteiger partial charge in [-0.3, -0.25) is 4.79 Å². The number of rotatable bonds is 2. The van der Waals surface area contributed by atoms with Crippen molar-refractivity contribution in [2.45, 2.75) is 19.3 Å². The molecule has 2 fully saturated rings. The number of benzene rings is 1. The minimum atomic E-state index is 0.363. The average Bonchev–Trinajstić information content (AvgIpc) is 2.77. The molecule has 2 atom stereocenters. The van der Waals surface area contributed by atoms with Gasteiger partial charge in [0.15, 0.2) is 5.78 Å². The number of hydrogen-bond donors (Lipinski definition) is 0. The molecule has 1 aromatic carbocycles. The summed E-state index contributed by atoms with van der Waals surface area (Å²) in [7, 11) is 0. The number of thiophene rings is 1. The van der Waals surface area contributed by atoms with Crippen LogP contribution >= 0.6 is 11.3 Å². The predicted molar refractivity (Wildman–Crippen MR) is 70.5 cm³/mol. The molecule has 86 valence electrons. The maximum Gasteiger partial charge on any atom is 0.167 e. The van der Waals surface area contributed by atoms with Crippen LogP contribution in [0.3, 0.4) is 0 Å². The summed E-state index contributed by atoms with van der Waals surface area (Å²) < 4.78 is 1.24. The second-order valence-electron chi connectivity index (χ2n) is 5.29. The summed E-state index contributed by atoms with van der Waals surface area (Å²) in [4.78, 5) is 12.5. The fourth-order valence-electron chi connectivity index (χ4n) is 3.56. The van der Waals surface area contributed by atoms with Gasteiger partial charge < -0.3 is 0 Å². The molecule has 0 amide bonds.